The van der Waals surface area contributed by atoms with Crippen molar-refractivity contribution in [3.8, 4) is 5.75 Å². The quantitative estimate of drug-likeness (QED) is 0.349. The SMILES string of the molecule is O=C(NCc1ccc(Cl)cc1)c1cnc2c(S(=O)(=O)NCc3cccs3)cc(F)cc2c1O. The molecule has 170 valence electrons. The summed E-state index contributed by atoms with van der Waals surface area (Å²) in [5.74, 6) is -2.11. The molecule has 1 amide bonds. The van der Waals surface area contributed by atoms with Gasteiger partial charge >= 0.3 is 0 Å². The smallest absolute Gasteiger partial charge is 0.256 e. The van der Waals surface area contributed by atoms with Crippen molar-refractivity contribution in [2.75, 3.05) is 0 Å². The summed E-state index contributed by atoms with van der Waals surface area (Å²) < 4.78 is 42.4. The van der Waals surface area contributed by atoms with Gasteiger partial charge in [0.05, 0.1) is 5.52 Å². The number of pyridine rings is 1. The van der Waals surface area contributed by atoms with Crippen LogP contribution in [0, 0.1) is 5.82 Å². The highest BCUT2D eigenvalue weighted by atomic mass is 35.5. The molecule has 11 heteroatoms. The lowest BCUT2D eigenvalue weighted by Crippen LogP contribution is -2.24. The number of rotatable bonds is 7. The second-order valence-electron chi connectivity index (χ2n) is 7.03. The van der Waals surface area contributed by atoms with Crippen LogP contribution in [0.15, 0.2) is 65.0 Å². The molecule has 2 aromatic heterocycles. The minimum absolute atomic E-state index is 0.0230. The Morgan fingerprint density at radius 1 is 1.15 bits per heavy atom. The fourth-order valence-electron chi connectivity index (χ4n) is 3.13. The van der Waals surface area contributed by atoms with Crippen molar-refractivity contribution in [2.45, 2.75) is 18.0 Å². The van der Waals surface area contributed by atoms with E-state index in [1.807, 2.05) is 0 Å². The maximum Gasteiger partial charge on any atom is 0.256 e. The van der Waals surface area contributed by atoms with Gasteiger partial charge in [0.2, 0.25) is 10.0 Å². The summed E-state index contributed by atoms with van der Waals surface area (Å²) in [5, 5.41) is 15.5. The Hall–Kier alpha value is -3.05. The lowest BCUT2D eigenvalue weighted by Gasteiger charge is -2.12. The molecule has 0 bridgehead atoms. The van der Waals surface area contributed by atoms with E-state index < -0.39 is 32.4 Å². The molecule has 0 aliphatic heterocycles. The van der Waals surface area contributed by atoms with Gasteiger partial charge in [-0.1, -0.05) is 29.8 Å². The molecule has 0 saturated heterocycles. The Kier molecular flexibility index (Phi) is 6.61. The average Bonchev–Trinajstić information content (AvgIpc) is 3.31. The van der Waals surface area contributed by atoms with Gasteiger partial charge < -0.3 is 10.4 Å². The van der Waals surface area contributed by atoms with Crippen molar-refractivity contribution in [2.24, 2.45) is 0 Å². The second kappa shape index (κ2) is 9.44. The third-order valence-electron chi connectivity index (χ3n) is 4.79. The summed E-state index contributed by atoms with van der Waals surface area (Å²) in [7, 11) is -4.15. The van der Waals surface area contributed by atoms with Crippen LogP contribution < -0.4 is 10.0 Å². The van der Waals surface area contributed by atoms with Gasteiger partial charge in [0.15, 0.2) is 0 Å². The molecule has 0 saturated carbocycles. The molecule has 0 spiro atoms. The molecule has 4 rings (SSSR count). The van der Waals surface area contributed by atoms with Crippen molar-refractivity contribution >= 4 is 49.8 Å². The monoisotopic (exact) mass is 505 g/mol. The minimum Gasteiger partial charge on any atom is -0.506 e. The molecule has 3 N–H and O–H groups in total. The summed E-state index contributed by atoms with van der Waals surface area (Å²) in [6, 6.07) is 12.1. The Morgan fingerprint density at radius 2 is 1.91 bits per heavy atom. The number of thiophene rings is 1. The zero-order chi connectivity index (χ0) is 23.6. The molecular weight excluding hydrogens is 489 g/mol. The average molecular weight is 506 g/mol. The van der Waals surface area contributed by atoms with E-state index in [1.165, 1.54) is 11.3 Å². The first-order valence-electron chi connectivity index (χ1n) is 9.60. The van der Waals surface area contributed by atoms with E-state index in [-0.39, 0.29) is 29.6 Å². The number of fused-ring (bicyclic) bond motifs is 1. The lowest BCUT2D eigenvalue weighted by molar-refractivity contribution is 0.0948. The van der Waals surface area contributed by atoms with Gasteiger partial charge in [-0.3, -0.25) is 9.78 Å². The van der Waals surface area contributed by atoms with E-state index in [1.54, 1.807) is 41.8 Å². The number of nitrogens with zero attached hydrogens (tertiary/aromatic N) is 1. The van der Waals surface area contributed by atoms with E-state index >= 15 is 0 Å². The predicted octanol–water partition coefficient (Wildman–Crippen LogP) is 4.20. The number of hydrogen-bond donors (Lipinski definition) is 3. The van der Waals surface area contributed by atoms with Crippen molar-refractivity contribution < 1.29 is 22.7 Å². The van der Waals surface area contributed by atoms with Crippen LogP contribution in [-0.2, 0) is 23.1 Å². The number of nitrogens with one attached hydrogen (secondary N) is 2. The summed E-state index contributed by atoms with van der Waals surface area (Å²) in [6.07, 6.45) is 1.06. The van der Waals surface area contributed by atoms with E-state index in [0.29, 0.717) is 5.02 Å². The number of halogens is 2. The second-order valence-corrected chi connectivity index (χ2v) is 10.2. The van der Waals surface area contributed by atoms with Gasteiger partial charge in [-0.25, -0.2) is 17.5 Å². The highest BCUT2D eigenvalue weighted by Crippen LogP contribution is 2.32. The molecule has 33 heavy (non-hydrogen) atoms. The van der Waals surface area contributed by atoms with Crippen LogP contribution in [-0.4, -0.2) is 24.4 Å². The minimum atomic E-state index is -4.15. The highest BCUT2D eigenvalue weighted by Gasteiger charge is 2.24. The van der Waals surface area contributed by atoms with Crippen LogP contribution in [0.25, 0.3) is 10.9 Å². The first kappa shape index (κ1) is 23.1. The third kappa shape index (κ3) is 5.14. The normalized spacial score (nSPS) is 11.6. The lowest BCUT2D eigenvalue weighted by atomic mass is 10.1. The van der Waals surface area contributed by atoms with Gasteiger partial charge in [0.1, 0.15) is 22.0 Å². The molecule has 7 nitrogen and oxygen atoms in total. The summed E-state index contributed by atoms with van der Waals surface area (Å²) in [4.78, 5) is 17.0. The van der Waals surface area contributed by atoms with Crippen molar-refractivity contribution in [1.29, 1.82) is 0 Å². The van der Waals surface area contributed by atoms with Crippen molar-refractivity contribution in [3.63, 3.8) is 0 Å². The molecule has 0 aliphatic carbocycles. The number of hydrogen-bond acceptors (Lipinski definition) is 6. The molecule has 2 heterocycles. The van der Waals surface area contributed by atoms with E-state index in [0.717, 1.165) is 28.8 Å². The molecule has 0 atom stereocenters. The summed E-state index contributed by atoms with van der Waals surface area (Å²) in [5.41, 5.74) is 0.413. The number of aromatic nitrogens is 1. The highest BCUT2D eigenvalue weighted by molar-refractivity contribution is 7.89. The van der Waals surface area contributed by atoms with Crippen molar-refractivity contribution in [3.05, 3.63) is 87.0 Å². The molecule has 0 unspecified atom stereocenters. The van der Waals surface area contributed by atoms with E-state index in [2.05, 4.69) is 15.0 Å². The van der Waals surface area contributed by atoms with Crippen LogP contribution in [0.2, 0.25) is 5.02 Å². The van der Waals surface area contributed by atoms with Gasteiger partial charge in [-0.05, 0) is 41.3 Å². The maximum absolute atomic E-state index is 14.3. The van der Waals surface area contributed by atoms with Gasteiger partial charge in [-0.2, -0.15) is 0 Å². The predicted molar refractivity (Wildman–Crippen MR) is 124 cm³/mol. The van der Waals surface area contributed by atoms with Crippen LogP contribution in [0.3, 0.4) is 0 Å². The summed E-state index contributed by atoms with van der Waals surface area (Å²) in [6.45, 7) is 0.179. The number of aromatic hydroxyl groups is 1. The fraction of sp³-hybridized carbons (Fsp3) is 0.0909. The first-order valence-corrected chi connectivity index (χ1v) is 12.3. The zero-order valence-corrected chi connectivity index (χ0v) is 19.3. The van der Waals surface area contributed by atoms with Gasteiger partial charge in [0, 0.05) is 34.6 Å². The van der Waals surface area contributed by atoms with Crippen LogP contribution >= 0.6 is 22.9 Å². The van der Waals surface area contributed by atoms with E-state index in [4.69, 9.17) is 11.6 Å². The Balaban J connectivity index is 1.63. The summed E-state index contributed by atoms with van der Waals surface area (Å²) >= 11 is 7.21. The topological polar surface area (TPSA) is 108 Å². The molecule has 0 fully saturated rings. The number of sulfonamides is 1. The first-order chi connectivity index (χ1) is 15.7. The van der Waals surface area contributed by atoms with Crippen molar-refractivity contribution in [1.82, 2.24) is 15.0 Å². The Bertz CT molecular complexity index is 1430. The zero-order valence-electron chi connectivity index (χ0n) is 16.9. The third-order valence-corrected chi connectivity index (χ3v) is 7.33. The van der Waals surface area contributed by atoms with Crippen LogP contribution in [0.1, 0.15) is 20.8 Å². The largest absolute Gasteiger partial charge is 0.506 e. The number of carbonyl (C=O) groups excluding carboxylic acids is 1. The Morgan fingerprint density at radius 3 is 2.61 bits per heavy atom. The van der Waals surface area contributed by atoms with Gasteiger partial charge in [-0.15, -0.1) is 11.3 Å². The number of carbonyl (C=O) groups is 1. The molecule has 0 aliphatic rings. The maximum atomic E-state index is 14.3. The number of benzene rings is 2. The van der Waals surface area contributed by atoms with Gasteiger partial charge in [0.25, 0.3) is 5.91 Å². The fourth-order valence-corrected chi connectivity index (χ4v) is 5.18. The standard InChI is InChI=1S/C22H17ClFN3O4S2/c23-14-5-3-13(4-6-14)10-26-22(29)18-12-25-20-17(21(18)28)8-15(24)9-19(20)33(30,31)27-11-16-2-1-7-32-16/h1-9,12,27H,10-11H2,(H,25,28)(H,26,29). The molecule has 2 aromatic carbocycles. The van der Waals surface area contributed by atoms with Crippen LogP contribution in [0.5, 0.6) is 5.75 Å². The Labute approximate surface area is 197 Å². The van der Waals surface area contributed by atoms with Crippen LogP contribution in [0.4, 0.5) is 4.39 Å². The molecule has 0 radical (unpaired) electrons. The number of amides is 1. The molecule has 4 aromatic rings. The molecular formula is C22H17ClFN3O4S2. The van der Waals surface area contributed by atoms with E-state index in [9.17, 15) is 22.7 Å².